The van der Waals surface area contributed by atoms with E-state index in [2.05, 4.69) is 19.9 Å². The Morgan fingerprint density at radius 3 is 3.00 bits per heavy atom. The van der Waals surface area contributed by atoms with Gasteiger partial charge in [0.1, 0.15) is 0 Å². The minimum Gasteiger partial charge on any atom is -0.467 e. The normalized spacial score (nSPS) is 19.6. The maximum atomic E-state index is 11.5. The number of ether oxygens (including phenoxy) is 2. The highest BCUT2D eigenvalue weighted by atomic mass is 16.6. The largest absolute Gasteiger partial charge is 0.467 e. The Hall–Kier alpha value is -2.16. The molecule has 0 amide bonds. The quantitative estimate of drug-likeness (QED) is 0.578. The Kier molecular flexibility index (Phi) is 3.42. The van der Waals surface area contributed by atoms with Gasteiger partial charge in [-0.15, -0.1) is 5.10 Å². The summed E-state index contributed by atoms with van der Waals surface area (Å²) in [5, 5.41) is 5.79. The van der Waals surface area contributed by atoms with Gasteiger partial charge in [-0.2, -0.15) is 0 Å². The Balaban J connectivity index is 2.20. The molecule has 9 nitrogen and oxygen atoms in total. The zero-order valence-corrected chi connectivity index (χ0v) is 9.63. The van der Waals surface area contributed by atoms with E-state index in [4.69, 9.17) is 4.74 Å². The minimum absolute atomic E-state index is 0.0480. The zero-order chi connectivity index (χ0) is 13.1. The van der Waals surface area contributed by atoms with Gasteiger partial charge in [-0.25, -0.2) is 14.7 Å². The van der Waals surface area contributed by atoms with Crippen LogP contribution in [0.15, 0.2) is 9.59 Å². The number of carbonyl (C=O) groups is 1. The molecule has 98 valence electrons. The van der Waals surface area contributed by atoms with Crippen molar-refractivity contribution in [1.29, 1.82) is 0 Å². The van der Waals surface area contributed by atoms with Crippen molar-refractivity contribution in [2.24, 2.45) is 0 Å². The summed E-state index contributed by atoms with van der Waals surface area (Å²) < 4.78 is 9.79. The van der Waals surface area contributed by atoms with Crippen LogP contribution in [0, 0.1) is 0 Å². The van der Waals surface area contributed by atoms with Crippen LogP contribution < -0.4 is 16.1 Å². The lowest BCUT2D eigenvalue weighted by molar-refractivity contribution is -0.154. The van der Waals surface area contributed by atoms with Crippen molar-refractivity contribution in [3.05, 3.63) is 20.8 Å². The van der Waals surface area contributed by atoms with Gasteiger partial charge < -0.3 is 14.4 Å². The Morgan fingerprint density at radius 1 is 1.56 bits per heavy atom. The third kappa shape index (κ3) is 2.40. The zero-order valence-electron chi connectivity index (χ0n) is 9.63. The molecule has 0 aliphatic carbocycles. The number of H-pyrrole nitrogens is 2. The maximum absolute atomic E-state index is 11.5. The summed E-state index contributed by atoms with van der Waals surface area (Å²) in [4.78, 5) is 37.4. The molecule has 9 heteroatoms. The second-order valence-corrected chi connectivity index (χ2v) is 3.66. The van der Waals surface area contributed by atoms with Crippen LogP contribution in [0.1, 0.15) is 0 Å². The summed E-state index contributed by atoms with van der Waals surface area (Å²) in [7, 11) is 1.26. The summed E-state index contributed by atoms with van der Waals surface area (Å²) in [6.07, 6.45) is -0.767. The third-order valence-electron chi connectivity index (χ3n) is 2.52. The number of carbonyl (C=O) groups excluding carboxylic acids is 1. The van der Waals surface area contributed by atoms with Crippen molar-refractivity contribution >= 4 is 11.8 Å². The summed E-state index contributed by atoms with van der Waals surface area (Å²) in [6.45, 7) is 0.810. The molecule has 2 heterocycles. The van der Waals surface area contributed by atoms with Crippen molar-refractivity contribution in [1.82, 2.24) is 15.2 Å². The first kappa shape index (κ1) is 12.3. The summed E-state index contributed by atoms with van der Waals surface area (Å²) in [5.41, 5.74) is -1.29. The van der Waals surface area contributed by atoms with Crippen molar-refractivity contribution in [2.45, 2.75) is 6.10 Å². The summed E-state index contributed by atoms with van der Waals surface area (Å²) in [6, 6.07) is 0. The molecular weight excluding hydrogens is 244 g/mol. The second kappa shape index (κ2) is 5.00. The average molecular weight is 256 g/mol. The van der Waals surface area contributed by atoms with E-state index in [-0.39, 0.29) is 19.0 Å². The van der Waals surface area contributed by atoms with Crippen molar-refractivity contribution in [3.8, 4) is 0 Å². The number of aromatic nitrogens is 3. The molecule has 1 aliphatic heterocycles. The van der Waals surface area contributed by atoms with Crippen molar-refractivity contribution in [3.63, 3.8) is 0 Å². The highest BCUT2D eigenvalue weighted by molar-refractivity contribution is 5.75. The van der Waals surface area contributed by atoms with Crippen molar-refractivity contribution in [2.75, 3.05) is 31.7 Å². The molecule has 0 bridgehead atoms. The second-order valence-electron chi connectivity index (χ2n) is 3.66. The molecule has 1 aliphatic rings. The first-order chi connectivity index (χ1) is 8.61. The van der Waals surface area contributed by atoms with E-state index in [0.717, 1.165) is 0 Å². The van der Waals surface area contributed by atoms with E-state index in [1.165, 1.54) is 7.11 Å². The van der Waals surface area contributed by atoms with Crippen LogP contribution in [0.5, 0.6) is 0 Å². The lowest BCUT2D eigenvalue weighted by Crippen LogP contribution is -2.49. The molecule has 1 fully saturated rings. The highest BCUT2D eigenvalue weighted by Gasteiger charge is 2.29. The Morgan fingerprint density at radius 2 is 2.33 bits per heavy atom. The van der Waals surface area contributed by atoms with Gasteiger partial charge in [-0.05, 0) is 0 Å². The number of esters is 1. The van der Waals surface area contributed by atoms with E-state index in [0.29, 0.717) is 6.54 Å². The van der Waals surface area contributed by atoms with Gasteiger partial charge in [-0.3, -0.25) is 9.78 Å². The molecule has 0 spiro atoms. The topological polar surface area (TPSA) is 117 Å². The minimum atomic E-state index is -0.767. The number of nitrogens with one attached hydrogen (secondary N) is 2. The predicted molar refractivity (Wildman–Crippen MR) is 59.4 cm³/mol. The molecule has 1 saturated heterocycles. The van der Waals surface area contributed by atoms with Crippen molar-refractivity contribution < 1.29 is 14.3 Å². The van der Waals surface area contributed by atoms with Gasteiger partial charge in [0, 0.05) is 6.54 Å². The number of nitrogens with zero attached hydrogens (tertiary/aromatic N) is 2. The van der Waals surface area contributed by atoms with Gasteiger partial charge in [0.25, 0.3) is 5.56 Å². The van der Waals surface area contributed by atoms with Crippen LogP contribution in [-0.4, -0.2) is 54.1 Å². The molecule has 0 aromatic carbocycles. The van der Waals surface area contributed by atoms with Crippen LogP contribution in [0.2, 0.25) is 0 Å². The Bertz CT molecular complexity index is 550. The van der Waals surface area contributed by atoms with E-state index >= 15 is 0 Å². The number of rotatable bonds is 2. The lowest BCUT2D eigenvalue weighted by atomic mass is 10.3. The van der Waals surface area contributed by atoms with Gasteiger partial charge >= 0.3 is 11.7 Å². The van der Waals surface area contributed by atoms with Gasteiger partial charge in [0.05, 0.1) is 20.3 Å². The lowest BCUT2D eigenvalue weighted by Gasteiger charge is -2.31. The van der Waals surface area contributed by atoms with Gasteiger partial charge in [-0.1, -0.05) is 0 Å². The first-order valence-corrected chi connectivity index (χ1v) is 5.25. The van der Waals surface area contributed by atoms with Crippen LogP contribution in [0.3, 0.4) is 0 Å². The van der Waals surface area contributed by atoms with E-state index in [1.807, 2.05) is 0 Å². The summed E-state index contributed by atoms with van der Waals surface area (Å²) >= 11 is 0. The molecule has 1 unspecified atom stereocenters. The number of hydrogen-bond acceptors (Lipinski definition) is 7. The molecule has 1 aromatic heterocycles. The fourth-order valence-electron chi connectivity index (χ4n) is 1.67. The van der Waals surface area contributed by atoms with Gasteiger partial charge in [0.2, 0.25) is 5.82 Å². The fraction of sp³-hybridized carbons (Fsp3) is 0.556. The fourth-order valence-corrected chi connectivity index (χ4v) is 1.67. The number of aromatic amines is 2. The summed E-state index contributed by atoms with van der Waals surface area (Å²) in [5.74, 6) is -0.465. The van der Waals surface area contributed by atoms with Crippen LogP contribution in [-0.2, 0) is 14.3 Å². The number of hydrogen-bond donors (Lipinski definition) is 2. The molecule has 2 rings (SSSR count). The standard InChI is InChI=1S/C9H12N4O5/c1-17-8(15)5-4-13(2-3-18-5)6-7(14)10-9(16)12-11-6/h5H,2-4H2,1H3,(H2,10,12,14,16). The molecule has 1 aromatic rings. The molecule has 18 heavy (non-hydrogen) atoms. The van der Waals surface area contributed by atoms with Crippen LogP contribution in [0.25, 0.3) is 0 Å². The smallest absolute Gasteiger partial charge is 0.342 e. The highest BCUT2D eigenvalue weighted by Crippen LogP contribution is 2.10. The number of anilines is 1. The molecular formula is C9H12N4O5. The van der Waals surface area contributed by atoms with E-state index in [9.17, 15) is 14.4 Å². The Labute approximate surface area is 101 Å². The van der Waals surface area contributed by atoms with E-state index in [1.54, 1.807) is 4.90 Å². The maximum Gasteiger partial charge on any atom is 0.342 e. The molecule has 0 radical (unpaired) electrons. The monoisotopic (exact) mass is 256 g/mol. The number of methoxy groups -OCH3 is 1. The predicted octanol–water partition coefficient (Wildman–Crippen LogP) is -2.16. The average Bonchev–Trinajstić information content (AvgIpc) is 2.38. The molecule has 2 N–H and O–H groups in total. The van der Waals surface area contributed by atoms with Crippen LogP contribution in [0.4, 0.5) is 5.82 Å². The first-order valence-electron chi connectivity index (χ1n) is 5.25. The van der Waals surface area contributed by atoms with Crippen LogP contribution >= 0.6 is 0 Å². The third-order valence-corrected chi connectivity index (χ3v) is 2.52. The molecule has 0 saturated carbocycles. The van der Waals surface area contributed by atoms with E-state index < -0.39 is 23.3 Å². The number of morpholine rings is 1. The molecule has 1 atom stereocenters. The SMILES string of the molecule is COC(=O)C1CN(c2n[nH]c(=O)[nH]c2=O)CCO1. The van der Waals surface area contributed by atoms with Gasteiger partial charge in [0.15, 0.2) is 6.10 Å².